The highest BCUT2D eigenvalue weighted by Crippen LogP contribution is 2.22. The first-order valence-corrected chi connectivity index (χ1v) is 7.26. The first-order chi connectivity index (χ1) is 8.88. The molecule has 0 bridgehead atoms. The SMILES string of the molecule is CCOC(C)C(Cc1ccc(C(C)(C)C)cc1)NC. The van der Waals surface area contributed by atoms with Crippen LogP contribution >= 0.6 is 0 Å². The minimum atomic E-state index is 0.222. The van der Waals surface area contributed by atoms with E-state index in [-0.39, 0.29) is 11.5 Å². The Morgan fingerprint density at radius 3 is 2.16 bits per heavy atom. The van der Waals surface area contributed by atoms with Gasteiger partial charge in [0.05, 0.1) is 6.10 Å². The molecule has 0 aliphatic carbocycles. The van der Waals surface area contributed by atoms with Gasteiger partial charge in [0.15, 0.2) is 0 Å². The zero-order valence-electron chi connectivity index (χ0n) is 13.3. The molecule has 2 nitrogen and oxygen atoms in total. The van der Waals surface area contributed by atoms with Crippen LogP contribution in [0.5, 0.6) is 0 Å². The molecule has 0 spiro atoms. The average Bonchev–Trinajstić information content (AvgIpc) is 2.35. The minimum Gasteiger partial charge on any atom is -0.377 e. The Hall–Kier alpha value is -0.860. The molecule has 2 atom stereocenters. The van der Waals surface area contributed by atoms with Gasteiger partial charge < -0.3 is 10.1 Å². The van der Waals surface area contributed by atoms with E-state index in [9.17, 15) is 0 Å². The second kappa shape index (κ2) is 7.06. The second-order valence-electron chi connectivity index (χ2n) is 6.21. The van der Waals surface area contributed by atoms with Crippen LogP contribution in [0.15, 0.2) is 24.3 Å². The fourth-order valence-corrected chi connectivity index (χ4v) is 2.28. The molecule has 0 aliphatic rings. The summed E-state index contributed by atoms with van der Waals surface area (Å²) in [6, 6.07) is 9.33. The van der Waals surface area contributed by atoms with Crippen LogP contribution in [-0.2, 0) is 16.6 Å². The zero-order valence-corrected chi connectivity index (χ0v) is 13.3. The molecule has 0 saturated heterocycles. The Morgan fingerprint density at radius 2 is 1.74 bits per heavy atom. The maximum absolute atomic E-state index is 5.68. The standard InChI is InChI=1S/C17H29NO/c1-7-19-13(2)16(18-6)12-14-8-10-15(11-9-14)17(3,4)5/h8-11,13,16,18H,7,12H2,1-6H3. The van der Waals surface area contributed by atoms with Crippen molar-refractivity contribution in [3.05, 3.63) is 35.4 Å². The first kappa shape index (κ1) is 16.2. The Labute approximate surface area is 118 Å². The van der Waals surface area contributed by atoms with Crippen LogP contribution in [0, 0.1) is 0 Å². The lowest BCUT2D eigenvalue weighted by Gasteiger charge is -2.24. The van der Waals surface area contributed by atoms with E-state index in [0.717, 1.165) is 13.0 Å². The number of nitrogens with one attached hydrogen (secondary N) is 1. The normalized spacial score (nSPS) is 15.3. The summed E-state index contributed by atoms with van der Waals surface area (Å²) in [5.74, 6) is 0. The topological polar surface area (TPSA) is 21.3 Å². The molecule has 0 saturated carbocycles. The van der Waals surface area contributed by atoms with Crippen molar-refractivity contribution in [2.24, 2.45) is 0 Å². The van der Waals surface area contributed by atoms with E-state index in [1.165, 1.54) is 11.1 Å². The van der Waals surface area contributed by atoms with E-state index >= 15 is 0 Å². The summed E-state index contributed by atoms with van der Waals surface area (Å²) >= 11 is 0. The summed E-state index contributed by atoms with van der Waals surface area (Å²) in [7, 11) is 2.00. The van der Waals surface area contributed by atoms with Crippen LogP contribution in [0.3, 0.4) is 0 Å². The molecule has 1 aromatic carbocycles. The zero-order chi connectivity index (χ0) is 14.5. The molecule has 0 fully saturated rings. The summed E-state index contributed by atoms with van der Waals surface area (Å²) < 4.78 is 5.68. The van der Waals surface area contributed by atoms with E-state index in [0.29, 0.717) is 6.04 Å². The monoisotopic (exact) mass is 263 g/mol. The van der Waals surface area contributed by atoms with E-state index in [2.05, 4.69) is 57.3 Å². The van der Waals surface area contributed by atoms with E-state index in [1.807, 2.05) is 14.0 Å². The predicted octanol–water partition coefficient (Wildman–Crippen LogP) is 3.54. The molecule has 1 rings (SSSR count). The maximum Gasteiger partial charge on any atom is 0.0702 e. The van der Waals surface area contributed by atoms with Crippen molar-refractivity contribution in [1.29, 1.82) is 0 Å². The third kappa shape index (κ3) is 4.96. The lowest BCUT2D eigenvalue weighted by molar-refractivity contribution is 0.0497. The van der Waals surface area contributed by atoms with E-state index < -0.39 is 0 Å². The number of benzene rings is 1. The summed E-state index contributed by atoms with van der Waals surface area (Å²) in [6.07, 6.45) is 1.24. The highest BCUT2D eigenvalue weighted by molar-refractivity contribution is 5.28. The van der Waals surface area contributed by atoms with Gasteiger partial charge >= 0.3 is 0 Å². The molecular weight excluding hydrogens is 234 g/mol. The molecular formula is C17H29NO. The van der Waals surface area contributed by atoms with E-state index in [1.54, 1.807) is 0 Å². The van der Waals surface area contributed by atoms with E-state index in [4.69, 9.17) is 4.74 Å². The molecule has 2 heteroatoms. The summed E-state index contributed by atoms with van der Waals surface area (Å²) in [6.45, 7) is 11.7. The number of rotatable bonds is 6. The number of hydrogen-bond donors (Lipinski definition) is 1. The molecule has 19 heavy (non-hydrogen) atoms. The van der Waals surface area contributed by atoms with Crippen LogP contribution < -0.4 is 5.32 Å². The van der Waals surface area contributed by atoms with Crippen molar-refractivity contribution in [2.45, 2.75) is 58.6 Å². The molecule has 1 N–H and O–H groups in total. The van der Waals surface area contributed by atoms with Gasteiger partial charge in [0.1, 0.15) is 0 Å². The number of likely N-dealkylation sites (N-methyl/N-ethyl adjacent to an activating group) is 1. The maximum atomic E-state index is 5.68. The van der Waals surface area contributed by atoms with Crippen molar-refractivity contribution in [3.63, 3.8) is 0 Å². The van der Waals surface area contributed by atoms with Gasteiger partial charge in [-0.05, 0) is 43.9 Å². The largest absolute Gasteiger partial charge is 0.377 e. The smallest absolute Gasteiger partial charge is 0.0702 e. The van der Waals surface area contributed by atoms with Gasteiger partial charge in [-0.25, -0.2) is 0 Å². The number of ether oxygens (including phenoxy) is 1. The van der Waals surface area contributed by atoms with Crippen LogP contribution in [0.1, 0.15) is 45.7 Å². The van der Waals surface area contributed by atoms with Crippen molar-refractivity contribution in [3.8, 4) is 0 Å². The Bertz CT molecular complexity index is 364. The Kier molecular flexibility index (Phi) is 6.02. The minimum absolute atomic E-state index is 0.222. The molecule has 108 valence electrons. The van der Waals surface area contributed by atoms with Gasteiger partial charge in [0, 0.05) is 12.6 Å². The van der Waals surface area contributed by atoms with Crippen molar-refractivity contribution in [2.75, 3.05) is 13.7 Å². The molecule has 0 radical (unpaired) electrons. The summed E-state index contributed by atoms with van der Waals surface area (Å²) in [4.78, 5) is 0. The van der Waals surface area contributed by atoms with Gasteiger partial charge in [-0.1, -0.05) is 45.0 Å². The summed E-state index contributed by atoms with van der Waals surface area (Å²) in [5.41, 5.74) is 2.97. The summed E-state index contributed by atoms with van der Waals surface area (Å²) in [5, 5.41) is 3.35. The van der Waals surface area contributed by atoms with Gasteiger partial charge in [0.2, 0.25) is 0 Å². The van der Waals surface area contributed by atoms with Crippen LogP contribution in [0.25, 0.3) is 0 Å². The number of hydrogen-bond acceptors (Lipinski definition) is 2. The Balaban J connectivity index is 2.71. The molecule has 0 amide bonds. The van der Waals surface area contributed by atoms with Crippen molar-refractivity contribution < 1.29 is 4.74 Å². The molecule has 0 aromatic heterocycles. The highest BCUT2D eigenvalue weighted by Gasteiger charge is 2.17. The highest BCUT2D eigenvalue weighted by atomic mass is 16.5. The van der Waals surface area contributed by atoms with Crippen LogP contribution in [0.4, 0.5) is 0 Å². The average molecular weight is 263 g/mol. The van der Waals surface area contributed by atoms with Gasteiger partial charge in [-0.3, -0.25) is 0 Å². The Morgan fingerprint density at radius 1 is 1.16 bits per heavy atom. The third-order valence-electron chi connectivity index (χ3n) is 3.64. The van der Waals surface area contributed by atoms with Crippen molar-refractivity contribution in [1.82, 2.24) is 5.32 Å². The van der Waals surface area contributed by atoms with Crippen molar-refractivity contribution >= 4 is 0 Å². The quantitative estimate of drug-likeness (QED) is 0.847. The molecule has 0 aliphatic heterocycles. The second-order valence-corrected chi connectivity index (χ2v) is 6.21. The molecule has 2 unspecified atom stereocenters. The predicted molar refractivity (Wildman–Crippen MR) is 82.8 cm³/mol. The fraction of sp³-hybridized carbons (Fsp3) is 0.647. The van der Waals surface area contributed by atoms with Gasteiger partial charge in [-0.2, -0.15) is 0 Å². The molecule has 0 heterocycles. The van der Waals surface area contributed by atoms with Gasteiger partial charge in [0.25, 0.3) is 0 Å². The molecule has 1 aromatic rings. The lowest BCUT2D eigenvalue weighted by atomic mass is 9.86. The van der Waals surface area contributed by atoms with Crippen LogP contribution in [-0.4, -0.2) is 25.8 Å². The van der Waals surface area contributed by atoms with Gasteiger partial charge in [-0.15, -0.1) is 0 Å². The third-order valence-corrected chi connectivity index (χ3v) is 3.64. The lowest BCUT2D eigenvalue weighted by Crippen LogP contribution is -2.39. The first-order valence-electron chi connectivity index (χ1n) is 7.26. The fourth-order valence-electron chi connectivity index (χ4n) is 2.28. The van der Waals surface area contributed by atoms with Crippen LogP contribution in [0.2, 0.25) is 0 Å².